The molecule has 1 saturated carbocycles. The van der Waals surface area contributed by atoms with Gasteiger partial charge in [-0.2, -0.15) is 0 Å². The molecule has 0 radical (unpaired) electrons. The van der Waals surface area contributed by atoms with E-state index in [2.05, 4.69) is 0 Å². The summed E-state index contributed by atoms with van der Waals surface area (Å²) in [6.45, 7) is 1.93. The van der Waals surface area contributed by atoms with Gasteiger partial charge in [-0.1, -0.05) is 31.0 Å². The number of nitrogens with zero attached hydrogens (tertiary/aromatic N) is 3. The number of aryl methyl sites for hydroxylation is 2. The first kappa shape index (κ1) is 20.0. The van der Waals surface area contributed by atoms with E-state index in [-0.39, 0.29) is 16.7 Å². The molecule has 2 aromatic heterocycles. The molecule has 1 atom stereocenters. The highest BCUT2D eigenvalue weighted by atomic mass is 32.2. The maximum absolute atomic E-state index is 13.0. The van der Waals surface area contributed by atoms with E-state index in [0.717, 1.165) is 42.3 Å². The van der Waals surface area contributed by atoms with E-state index in [1.54, 1.807) is 23.0 Å². The fraction of sp³-hybridized carbons (Fsp3) is 0.667. The SMILES string of the molecule is CC(Sc1nc2sc3c(c2c(=O)n1C)CCCC3)C(=O)N(C)C1CCCCC1. The second-order valence-corrected chi connectivity index (χ2v) is 10.5. The van der Waals surface area contributed by atoms with E-state index in [1.807, 2.05) is 18.9 Å². The van der Waals surface area contributed by atoms with E-state index >= 15 is 0 Å². The number of thioether (sulfide) groups is 1. The van der Waals surface area contributed by atoms with Crippen LogP contribution in [-0.4, -0.2) is 38.7 Å². The molecule has 5 nitrogen and oxygen atoms in total. The Bertz CT molecular complexity index is 943. The number of hydrogen-bond donors (Lipinski definition) is 0. The molecule has 1 fully saturated rings. The number of fused-ring (bicyclic) bond motifs is 3. The zero-order valence-electron chi connectivity index (χ0n) is 17.0. The summed E-state index contributed by atoms with van der Waals surface area (Å²) >= 11 is 3.08. The van der Waals surface area contributed by atoms with Gasteiger partial charge in [-0.3, -0.25) is 14.2 Å². The predicted octanol–water partition coefficient (Wildman–Crippen LogP) is 4.15. The molecule has 2 aliphatic carbocycles. The summed E-state index contributed by atoms with van der Waals surface area (Å²) in [5.41, 5.74) is 1.25. The monoisotopic (exact) mass is 419 g/mol. The molecule has 0 N–H and O–H groups in total. The zero-order valence-corrected chi connectivity index (χ0v) is 18.6. The summed E-state index contributed by atoms with van der Waals surface area (Å²) in [6.07, 6.45) is 10.3. The zero-order chi connectivity index (χ0) is 19.8. The molecule has 2 heterocycles. The molecule has 0 aromatic carbocycles. The minimum atomic E-state index is -0.253. The van der Waals surface area contributed by atoms with Gasteiger partial charge in [-0.25, -0.2) is 4.98 Å². The molecule has 7 heteroatoms. The quantitative estimate of drug-likeness (QED) is 0.552. The van der Waals surface area contributed by atoms with Crippen LogP contribution in [0.2, 0.25) is 0 Å². The molecule has 0 spiro atoms. The first-order valence-electron chi connectivity index (χ1n) is 10.4. The summed E-state index contributed by atoms with van der Waals surface area (Å²) < 4.78 is 1.64. The Labute approximate surface area is 174 Å². The molecule has 2 aromatic rings. The molecule has 0 bridgehead atoms. The van der Waals surface area contributed by atoms with Gasteiger partial charge in [0.2, 0.25) is 5.91 Å². The lowest BCUT2D eigenvalue weighted by Crippen LogP contribution is -2.42. The van der Waals surface area contributed by atoms with E-state index in [1.165, 1.54) is 47.9 Å². The minimum Gasteiger partial charge on any atom is -0.342 e. The van der Waals surface area contributed by atoms with E-state index in [9.17, 15) is 9.59 Å². The minimum absolute atomic E-state index is 0.0344. The van der Waals surface area contributed by atoms with Crippen LogP contribution in [0.4, 0.5) is 0 Å². The molecular weight excluding hydrogens is 390 g/mol. The lowest BCUT2D eigenvalue weighted by atomic mass is 9.94. The number of carbonyl (C=O) groups excluding carboxylic acids is 1. The van der Waals surface area contributed by atoms with Crippen molar-refractivity contribution < 1.29 is 4.79 Å². The van der Waals surface area contributed by atoms with Crippen molar-refractivity contribution in [1.82, 2.24) is 14.5 Å². The third kappa shape index (κ3) is 3.63. The third-order valence-electron chi connectivity index (χ3n) is 6.26. The van der Waals surface area contributed by atoms with Gasteiger partial charge in [0.05, 0.1) is 10.6 Å². The number of rotatable bonds is 4. The van der Waals surface area contributed by atoms with Crippen LogP contribution >= 0.6 is 23.1 Å². The van der Waals surface area contributed by atoms with Gasteiger partial charge < -0.3 is 4.90 Å². The van der Waals surface area contributed by atoms with Crippen molar-refractivity contribution >= 4 is 39.2 Å². The van der Waals surface area contributed by atoms with Crippen molar-refractivity contribution in [1.29, 1.82) is 0 Å². The lowest BCUT2D eigenvalue weighted by Gasteiger charge is -2.32. The summed E-state index contributed by atoms with van der Waals surface area (Å²) in [6, 6.07) is 0.354. The molecule has 152 valence electrons. The second-order valence-electron chi connectivity index (χ2n) is 8.15. The standard InChI is InChI=1S/C21H29N3O2S2/c1-13(19(25)23(2)14-9-5-4-6-10-14)27-21-22-18-17(20(26)24(21)3)15-11-7-8-12-16(15)28-18/h13-14H,4-12H2,1-3H3. The summed E-state index contributed by atoms with van der Waals surface area (Å²) in [4.78, 5) is 34.9. The molecule has 0 aliphatic heterocycles. The Morgan fingerprint density at radius 2 is 1.93 bits per heavy atom. The molecule has 1 amide bonds. The highest BCUT2D eigenvalue weighted by Gasteiger charge is 2.28. The molecule has 2 aliphatic rings. The summed E-state index contributed by atoms with van der Waals surface area (Å²) in [5, 5.41) is 1.20. The van der Waals surface area contributed by atoms with Crippen LogP contribution in [0.5, 0.6) is 0 Å². The van der Waals surface area contributed by atoms with Crippen LogP contribution in [-0.2, 0) is 24.7 Å². The Hall–Kier alpha value is -1.34. The number of carbonyl (C=O) groups is 1. The van der Waals surface area contributed by atoms with Crippen LogP contribution in [0.25, 0.3) is 10.2 Å². The van der Waals surface area contributed by atoms with E-state index in [4.69, 9.17) is 4.98 Å². The van der Waals surface area contributed by atoms with Gasteiger partial charge >= 0.3 is 0 Å². The Balaban J connectivity index is 1.58. The largest absolute Gasteiger partial charge is 0.342 e. The molecular formula is C21H29N3O2S2. The van der Waals surface area contributed by atoms with Crippen LogP contribution in [0.1, 0.15) is 62.3 Å². The third-order valence-corrected chi connectivity index (χ3v) is 8.57. The maximum atomic E-state index is 13.0. The highest BCUT2D eigenvalue weighted by Crippen LogP contribution is 2.35. The van der Waals surface area contributed by atoms with E-state index < -0.39 is 0 Å². The predicted molar refractivity (Wildman–Crippen MR) is 116 cm³/mol. The first-order valence-corrected chi connectivity index (χ1v) is 12.1. The van der Waals surface area contributed by atoms with Gasteiger partial charge in [0.15, 0.2) is 5.16 Å². The van der Waals surface area contributed by atoms with Crippen molar-refractivity contribution in [2.45, 2.75) is 81.2 Å². The van der Waals surface area contributed by atoms with Gasteiger partial charge in [0.1, 0.15) is 4.83 Å². The van der Waals surface area contributed by atoms with Gasteiger partial charge in [0, 0.05) is 25.0 Å². The smallest absolute Gasteiger partial charge is 0.262 e. The lowest BCUT2D eigenvalue weighted by molar-refractivity contribution is -0.131. The molecule has 4 rings (SSSR count). The highest BCUT2D eigenvalue weighted by molar-refractivity contribution is 8.00. The average Bonchev–Trinajstić information content (AvgIpc) is 3.09. The van der Waals surface area contributed by atoms with Crippen molar-refractivity contribution in [3.63, 3.8) is 0 Å². The fourth-order valence-electron chi connectivity index (χ4n) is 4.52. The van der Waals surface area contributed by atoms with Crippen molar-refractivity contribution in [2.75, 3.05) is 7.05 Å². The van der Waals surface area contributed by atoms with Gasteiger partial charge in [-0.05, 0) is 51.0 Å². The second kappa shape index (κ2) is 8.19. The van der Waals surface area contributed by atoms with Gasteiger partial charge in [0.25, 0.3) is 5.56 Å². The Morgan fingerprint density at radius 1 is 1.21 bits per heavy atom. The summed E-state index contributed by atoms with van der Waals surface area (Å²) in [5.74, 6) is 0.136. The Kier molecular flexibility index (Phi) is 5.83. The molecule has 28 heavy (non-hydrogen) atoms. The van der Waals surface area contributed by atoms with Crippen LogP contribution in [0.15, 0.2) is 9.95 Å². The maximum Gasteiger partial charge on any atom is 0.262 e. The first-order chi connectivity index (χ1) is 13.5. The number of amides is 1. The van der Waals surface area contributed by atoms with E-state index in [0.29, 0.717) is 11.2 Å². The molecule has 1 unspecified atom stereocenters. The van der Waals surface area contributed by atoms with Crippen molar-refractivity contribution in [3.8, 4) is 0 Å². The normalized spacial score (nSPS) is 18.8. The fourth-order valence-corrected chi connectivity index (χ4v) is 6.79. The van der Waals surface area contributed by atoms with Crippen LogP contribution < -0.4 is 5.56 Å². The number of thiophene rings is 1. The number of aromatic nitrogens is 2. The average molecular weight is 420 g/mol. The van der Waals surface area contributed by atoms with Crippen LogP contribution in [0, 0.1) is 0 Å². The van der Waals surface area contributed by atoms with Crippen LogP contribution in [0.3, 0.4) is 0 Å². The number of hydrogen-bond acceptors (Lipinski definition) is 5. The molecule has 0 saturated heterocycles. The topological polar surface area (TPSA) is 55.2 Å². The summed E-state index contributed by atoms with van der Waals surface area (Å²) in [7, 11) is 3.71. The Morgan fingerprint density at radius 3 is 2.68 bits per heavy atom. The van der Waals surface area contributed by atoms with Crippen molar-refractivity contribution in [3.05, 3.63) is 20.8 Å². The van der Waals surface area contributed by atoms with Gasteiger partial charge in [-0.15, -0.1) is 11.3 Å². The van der Waals surface area contributed by atoms with Crippen molar-refractivity contribution in [2.24, 2.45) is 7.05 Å².